The van der Waals surface area contributed by atoms with Gasteiger partial charge in [-0.25, -0.2) is 0 Å². The summed E-state index contributed by atoms with van der Waals surface area (Å²) in [6, 6.07) is 0. The molecule has 0 amide bonds. The first-order chi connectivity index (χ1) is 0. The average Bonchev–Trinajstić information content (AvgIpc) is 0. The molecule has 0 aliphatic heterocycles. The minimum atomic E-state index is 0. The van der Waals surface area contributed by atoms with E-state index in [1.807, 2.05) is 0 Å². The van der Waals surface area contributed by atoms with Crippen molar-refractivity contribution in [3.8, 4) is 0 Å². The van der Waals surface area contributed by atoms with Crippen LogP contribution in [-0.2, 0) is 92.5 Å². The molecule has 0 saturated heterocycles. The van der Waals surface area contributed by atoms with E-state index in [0.29, 0.717) is 0 Å². The summed E-state index contributed by atoms with van der Waals surface area (Å²) in [6.07, 6.45) is 0. The Hall–Kier alpha value is 3.00. The van der Waals surface area contributed by atoms with Gasteiger partial charge in [0.05, 0.1) is 0 Å². The van der Waals surface area contributed by atoms with Crippen molar-refractivity contribution in [2.24, 2.45) is 0 Å². The Morgan fingerprint density at radius 3 is 1.00 bits per heavy atom. The summed E-state index contributed by atoms with van der Waals surface area (Å²) in [5.41, 5.74) is 0. The van der Waals surface area contributed by atoms with Crippen LogP contribution in [0.15, 0.2) is 0 Å². The second-order valence-electron chi connectivity index (χ2n) is 0. The van der Waals surface area contributed by atoms with Crippen molar-refractivity contribution in [2.75, 3.05) is 0 Å². The number of hydrogen-bond donors (Lipinski definition) is 0. The van der Waals surface area contributed by atoms with Gasteiger partial charge in [-0.05, 0) is 0 Å². The molecule has 4 heavy (non-hydrogen) atoms. The van der Waals surface area contributed by atoms with E-state index in [2.05, 4.69) is 0 Å². The molecule has 0 spiro atoms. The molecule has 0 N–H and O–H groups in total. The molecule has 0 unspecified atom stereocenters. The maximum atomic E-state index is 0. The minimum Gasteiger partial charge on any atom is 0 e. The molecule has 0 saturated carbocycles. The van der Waals surface area contributed by atoms with Gasteiger partial charge in [0.2, 0.25) is 0 Å². The second kappa shape index (κ2) is 16.7. The van der Waals surface area contributed by atoms with E-state index in [-0.39, 0.29) is 92.5 Å². The van der Waals surface area contributed by atoms with Crippen LogP contribution in [0.25, 0.3) is 0 Å². The van der Waals surface area contributed by atoms with Crippen molar-refractivity contribution in [2.45, 2.75) is 0 Å². The molecule has 4 heteroatoms. The normalized spacial score (nSPS) is 0. The van der Waals surface area contributed by atoms with Crippen LogP contribution in [-0.4, -0.2) is 0 Å². The van der Waals surface area contributed by atoms with Gasteiger partial charge in [0, 0.05) is 92.5 Å². The van der Waals surface area contributed by atoms with Gasteiger partial charge in [-0.1, -0.05) is 0 Å². The van der Waals surface area contributed by atoms with Crippen LogP contribution < -0.4 is 0 Å². The summed E-state index contributed by atoms with van der Waals surface area (Å²) in [5.74, 6) is 0. The van der Waals surface area contributed by atoms with Crippen LogP contribution >= 0.6 is 0 Å². The van der Waals surface area contributed by atoms with Crippen LogP contribution in [0.5, 0.6) is 0 Å². The summed E-state index contributed by atoms with van der Waals surface area (Å²) in [4.78, 5) is 0. The predicted molar refractivity (Wildman–Crippen MR) is 0 cm³/mol. The van der Waals surface area contributed by atoms with E-state index in [1.165, 1.54) is 0 Å². The quantitative estimate of drug-likeness (QED) is 0.552. The van der Waals surface area contributed by atoms with E-state index in [4.69, 9.17) is 0 Å². The van der Waals surface area contributed by atoms with Gasteiger partial charge in [0.1, 0.15) is 0 Å². The van der Waals surface area contributed by atoms with Crippen molar-refractivity contribution in [3.63, 3.8) is 0 Å². The van der Waals surface area contributed by atoms with Gasteiger partial charge < -0.3 is 0 Å². The van der Waals surface area contributed by atoms with Crippen LogP contribution in [0.2, 0.25) is 0 Å². The molecule has 0 aromatic heterocycles. The van der Waals surface area contributed by atoms with Crippen molar-refractivity contribution in [3.05, 3.63) is 0 Å². The zero-order valence-corrected chi connectivity index (χ0v) is 8.92. The molecule has 0 heterocycles. The van der Waals surface area contributed by atoms with Crippen molar-refractivity contribution >= 4 is 0 Å². The van der Waals surface area contributed by atoms with Crippen LogP contribution in [0.4, 0.5) is 0 Å². The molecule has 0 fully saturated rings. The summed E-state index contributed by atoms with van der Waals surface area (Å²) in [5, 5.41) is 0. The Morgan fingerprint density at radius 2 is 1.00 bits per heavy atom. The topological polar surface area (TPSA) is 0 Å². The number of hydrogen-bond acceptors (Lipinski definition) is 0. The molecule has 0 atom stereocenters. The molecule has 28 valence electrons. The maximum absolute atomic E-state index is 0. The Morgan fingerprint density at radius 1 is 1.00 bits per heavy atom. The van der Waals surface area contributed by atoms with E-state index in [9.17, 15) is 0 Å². The van der Waals surface area contributed by atoms with Crippen LogP contribution in [0.3, 0.4) is 0 Å². The fourth-order valence-corrected chi connectivity index (χ4v) is 0. The van der Waals surface area contributed by atoms with E-state index in [1.54, 1.807) is 0 Å². The molecule has 0 bridgehead atoms. The summed E-state index contributed by atoms with van der Waals surface area (Å²) >= 11 is 0. The monoisotopic (exact) mass is 300 g/mol. The Labute approximate surface area is 90.6 Å². The Bertz CT molecular complexity index is 8.00. The molecular weight excluding hydrogens is 302 g/mol. The Kier molecular flexibility index (Phi) is 117. The molecule has 0 aromatic rings. The summed E-state index contributed by atoms with van der Waals surface area (Å²) in [7, 11) is 0. The Balaban J connectivity index is 0. The molecule has 0 aliphatic carbocycles. The van der Waals surface area contributed by atoms with Gasteiger partial charge in [0.25, 0.3) is 0 Å². The van der Waals surface area contributed by atoms with Gasteiger partial charge in [0.15, 0.2) is 0 Å². The van der Waals surface area contributed by atoms with Crippen molar-refractivity contribution < 1.29 is 92.5 Å². The first-order valence-electron chi connectivity index (χ1n) is 0. The van der Waals surface area contributed by atoms with Gasteiger partial charge in [-0.3, -0.25) is 0 Å². The van der Waals surface area contributed by atoms with E-state index >= 15 is 0 Å². The zero-order chi connectivity index (χ0) is 0. The summed E-state index contributed by atoms with van der Waals surface area (Å²) < 4.78 is 0. The third-order valence-electron chi connectivity index (χ3n) is 0. The average molecular weight is 302 g/mol. The third kappa shape index (κ3) is 8.89. The first kappa shape index (κ1) is 28.0. The molecule has 0 aliphatic rings. The van der Waals surface area contributed by atoms with Gasteiger partial charge in [-0.2, -0.15) is 0 Å². The van der Waals surface area contributed by atoms with Crippen LogP contribution in [0.1, 0.15) is 0 Å². The van der Waals surface area contributed by atoms with Crippen LogP contribution in [0, 0.1) is 0 Å². The maximum Gasteiger partial charge on any atom is 0 e. The summed E-state index contributed by atoms with van der Waals surface area (Å²) in [6.45, 7) is 0. The largest absolute Gasteiger partial charge is 0 e. The SMILES string of the molecule is [Cu].[Ni].[Y].[Zr]. The standard InChI is InChI=1S/Cu.Ni.Y.Zr. The molecule has 0 aromatic carbocycles. The molecular formula is CuNiYZr. The fourth-order valence-electron chi connectivity index (χ4n) is 0. The van der Waals surface area contributed by atoms with E-state index in [0.717, 1.165) is 0 Å². The zero-order valence-electron chi connectivity index (χ0n) is 1.70. The molecule has 0 rings (SSSR count). The molecule has 2 radical (unpaired) electrons. The van der Waals surface area contributed by atoms with E-state index < -0.39 is 0 Å². The first-order valence-corrected chi connectivity index (χ1v) is 0. The smallest absolute Gasteiger partial charge is 0 e. The third-order valence-corrected chi connectivity index (χ3v) is 0. The predicted octanol–water partition coefficient (Wildman–Crippen LogP) is -0.0100. The second-order valence-corrected chi connectivity index (χ2v) is 0. The molecule has 0 nitrogen and oxygen atoms in total. The van der Waals surface area contributed by atoms with Gasteiger partial charge >= 0.3 is 0 Å². The van der Waals surface area contributed by atoms with Crippen molar-refractivity contribution in [1.29, 1.82) is 0 Å². The fraction of sp³-hybridized carbons (Fsp3) is 0. The van der Waals surface area contributed by atoms with Crippen molar-refractivity contribution in [1.82, 2.24) is 0 Å². The minimum absolute atomic E-state index is 0. The number of rotatable bonds is 0. The van der Waals surface area contributed by atoms with Gasteiger partial charge in [-0.15, -0.1) is 0 Å².